The van der Waals surface area contributed by atoms with Gasteiger partial charge in [-0.15, -0.1) is 0 Å². The van der Waals surface area contributed by atoms with E-state index in [1.165, 1.54) is 10.6 Å². The Bertz CT molecular complexity index is 1580. The number of nitrogens with one attached hydrogen (secondary N) is 2. The van der Waals surface area contributed by atoms with Gasteiger partial charge in [0.1, 0.15) is 5.69 Å². The predicted molar refractivity (Wildman–Crippen MR) is 152 cm³/mol. The molecule has 0 spiro atoms. The number of anilines is 3. The molecule has 1 aromatic heterocycles. The number of rotatable bonds is 6. The fraction of sp³-hybridized carbons (Fsp3) is 0.194. The van der Waals surface area contributed by atoms with E-state index in [0.29, 0.717) is 16.9 Å². The second kappa shape index (κ2) is 10.4. The zero-order chi connectivity index (χ0) is 27.6. The summed E-state index contributed by atoms with van der Waals surface area (Å²) < 4.78 is 1.45. The molecule has 0 unspecified atom stereocenters. The van der Waals surface area contributed by atoms with E-state index in [4.69, 9.17) is 0 Å². The third-order valence-corrected chi connectivity index (χ3v) is 6.52. The van der Waals surface area contributed by atoms with Crippen LogP contribution in [0, 0.1) is 6.92 Å². The van der Waals surface area contributed by atoms with Crippen molar-refractivity contribution in [2.45, 2.75) is 33.1 Å². The molecule has 0 aliphatic carbocycles. The van der Waals surface area contributed by atoms with Crippen molar-refractivity contribution >= 4 is 28.9 Å². The number of carbonyl (C=O) groups is 2. The van der Waals surface area contributed by atoms with Gasteiger partial charge in [0.05, 0.1) is 11.3 Å². The number of para-hydroxylation sites is 1. The van der Waals surface area contributed by atoms with E-state index in [1.54, 1.807) is 37.5 Å². The Kier molecular flexibility index (Phi) is 7.21. The molecular weight excluding hydrogens is 478 g/mol. The Balaban J connectivity index is 1.66. The van der Waals surface area contributed by atoms with Gasteiger partial charge in [0.2, 0.25) is 0 Å². The third kappa shape index (κ3) is 5.52. The van der Waals surface area contributed by atoms with Crippen LogP contribution in [0.25, 0.3) is 11.1 Å². The number of pyridine rings is 1. The van der Waals surface area contributed by atoms with Crippen LogP contribution >= 0.6 is 0 Å². The average molecular weight is 510 g/mol. The lowest BCUT2D eigenvalue weighted by molar-refractivity contribution is 0.0697. The molecule has 1 heterocycles. The molecule has 3 N–H and O–H groups in total. The number of aryl methyl sites for hydroxylation is 1. The molecule has 0 aliphatic heterocycles. The Hall–Kier alpha value is -4.65. The summed E-state index contributed by atoms with van der Waals surface area (Å²) in [5.74, 6) is -1.30. The van der Waals surface area contributed by atoms with Gasteiger partial charge in [0, 0.05) is 30.1 Å². The Morgan fingerprint density at radius 3 is 2.18 bits per heavy atom. The molecule has 0 saturated heterocycles. The van der Waals surface area contributed by atoms with Gasteiger partial charge in [-0.2, -0.15) is 0 Å². The number of carbonyl (C=O) groups excluding carboxylic acids is 1. The highest BCUT2D eigenvalue weighted by molar-refractivity contribution is 6.05. The van der Waals surface area contributed by atoms with E-state index in [1.807, 2.05) is 49.4 Å². The molecule has 3 aromatic carbocycles. The molecule has 0 radical (unpaired) electrons. The lowest BCUT2D eigenvalue weighted by Gasteiger charge is -2.19. The Morgan fingerprint density at radius 2 is 1.53 bits per heavy atom. The molecular formula is C31H31N3O4. The number of amides is 1. The van der Waals surface area contributed by atoms with Crippen LogP contribution in [0.15, 0.2) is 83.8 Å². The quantitative estimate of drug-likeness (QED) is 0.281. The van der Waals surface area contributed by atoms with Crippen molar-refractivity contribution in [2.24, 2.45) is 7.05 Å². The molecule has 0 bridgehead atoms. The number of carboxylic acids is 1. The van der Waals surface area contributed by atoms with E-state index < -0.39 is 5.97 Å². The molecule has 7 heteroatoms. The average Bonchev–Trinajstić information content (AvgIpc) is 2.87. The summed E-state index contributed by atoms with van der Waals surface area (Å²) in [5.41, 5.74) is 5.11. The number of hydrogen-bond acceptors (Lipinski definition) is 4. The van der Waals surface area contributed by atoms with Gasteiger partial charge < -0.3 is 20.3 Å². The third-order valence-electron chi connectivity index (χ3n) is 6.52. The summed E-state index contributed by atoms with van der Waals surface area (Å²) in [7, 11) is 1.64. The molecule has 0 fully saturated rings. The maximum Gasteiger partial charge on any atom is 0.337 e. The molecule has 7 nitrogen and oxygen atoms in total. The second-order valence-electron chi connectivity index (χ2n) is 10.3. The van der Waals surface area contributed by atoms with Crippen molar-refractivity contribution in [3.63, 3.8) is 0 Å². The summed E-state index contributed by atoms with van der Waals surface area (Å²) >= 11 is 0. The molecule has 38 heavy (non-hydrogen) atoms. The first kappa shape index (κ1) is 26.4. The summed E-state index contributed by atoms with van der Waals surface area (Å²) in [5, 5.41) is 15.5. The van der Waals surface area contributed by atoms with E-state index in [-0.39, 0.29) is 28.1 Å². The monoisotopic (exact) mass is 509 g/mol. The molecule has 0 atom stereocenters. The lowest BCUT2D eigenvalue weighted by atomic mass is 9.86. The zero-order valence-electron chi connectivity index (χ0n) is 22.1. The Labute approximate surface area is 221 Å². The van der Waals surface area contributed by atoms with Gasteiger partial charge in [-0.3, -0.25) is 9.59 Å². The van der Waals surface area contributed by atoms with Crippen LogP contribution in [0.1, 0.15) is 52.6 Å². The minimum Gasteiger partial charge on any atom is -0.478 e. The van der Waals surface area contributed by atoms with Gasteiger partial charge in [0.25, 0.3) is 11.5 Å². The molecule has 4 rings (SSSR count). The second-order valence-corrected chi connectivity index (χ2v) is 10.3. The number of benzene rings is 3. The number of carboxylic acid groups (broad SMARTS) is 1. The van der Waals surface area contributed by atoms with Crippen LogP contribution in [-0.2, 0) is 12.5 Å². The summed E-state index contributed by atoms with van der Waals surface area (Å²) in [6.45, 7) is 8.29. The van der Waals surface area contributed by atoms with Crippen LogP contribution in [0.2, 0.25) is 0 Å². The summed E-state index contributed by atoms with van der Waals surface area (Å²) in [6.07, 6.45) is 1.72. The normalized spacial score (nSPS) is 11.2. The molecule has 4 aromatic rings. The van der Waals surface area contributed by atoms with Crippen LogP contribution in [-0.4, -0.2) is 21.6 Å². The van der Waals surface area contributed by atoms with Gasteiger partial charge in [-0.25, -0.2) is 4.79 Å². The highest BCUT2D eigenvalue weighted by atomic mass is 16.4. The molecule has 0 aliphatic rings. The van der Waals surface area contributed by atoms with Crippen molar-refractivity contribution in [1.82, 2.24) is 4.57 Å². The highest BCUT2D eigenvalue weighted by Crippen LogP contribution is 2.31. The lowest BCUT2D eigenvalue weighted by Crippen LogP contribution is -2.20. The minimum absolute atomic E-state index is 0.000872. The van der Waals surface area contributed by atoms with Crippen LogP contribution in [0.3, 0.4) is 0 Å². The fourth-order valence-electron chi connectivity index (χ4n) is 4.27. The van der Waals surface area contributed by atoms with Gasteiger partial charge in [-0.05, 0) is 65.4 Å². The van der Waals surface area contributed by atoms with Crippen molar-refractivity contribution in [1.29, 1.82) is 0 Å². The maximum atomic E-state index is 13.0. The van der Waals surface area contributed by atoms with E-state index >= 15 is 0 Å². The smallest absolute Gasteiger partial charge is 0.337 e. The van der Waals surface area contributed by atoms with Crippen molar-refractivity contribution < 1.29 is 14.7 Å². The van der Waals surface area contributed by atoms with Crippen LogP contribution in [0.5, 0.6) is 0 Å². The van der Waals surface area contributed by atoms with Crippen molar-refractivity contribution in [3.8, 4) is 11.1 Å². The zero-order valence-corrected chi connectivity index (χ0v) is 22.1. The fourth-order valence-corrected chi connectivity index (χ4v) is 4.27. The van der Waals surface area contributed by atoms with Gasteiger partial charge in [-0.1, -0.05) is 57.2 Å². The first-order valence-electron chi connectivity index (χ1n) is 12.3. The molecule has 1 amide bonds. The van der Waals surface area contributed by atoms with Crippen molar-refractivity contribution in [2.75, 3.05) is 10.6 Å². The highest BCUT2D eigenvalue weighted by Gasteiger charge is 2.17. The SMILES string of the molecule is Cc1c(NC(=O)c2ccc(C(C)(C)C)cc2)cccc1-c1cc(Nc2ccccc2C(=O)O)c(=O)n(C)c1. The largest absolute Gasteiger partial charge is 0.478 e. The Morgan fingerprint density at radius 1 is 0.868 bits per heavy atom. The van der Waals surface area contributed by atoms with Gasteiger partial charge in [0.15, 0.2) is 0 Å². The summed E-state index contributed by atoms with van der Waals surface area (Å²) in [6, 6.07) is 21.3. The molecule has 0 saturated carbocycles. The van der Waals surface area contributed by atoms with Crippen LogP contribution < -0.4 is 16.2 Å². The number of aromatic carboxylic acids is 1. The number of aromatic nitrogens is 1. The predicted octanol–water partition coefficient (Wildman–Crippen LogP) is 6.35. The molecule has 194 valence electrons. The maximum absolute atomic E-state index is 13.0. The number of nitrogens with zero attached hydrogens (tertiary/aromatic N) is 1. The first-order valence-corrected chi connectivity index (χ1v) is 12.3. The topological polar surface area (TPSA) is 100 Å². The summed E-state index contributed by atoms with van der Waals surface area (Å²) in [4.78, 5) is 37.5. The van der Waals surface area contributed by atoms with E-state index in [2.05, 4.69) is 31.4 Å². The van der Waals surface area contributed by atoms with Crippen LogP contribution in [0.4, 0.5) is 17.1 Å². The first-order chi connectivity index (χ1) is 18.0. The standard InChI is InChI=1S/C31H31N3O4/c1-19-23(10-8-12-25(19)33-28(35)20-13-15-22(16-14-20)31(2,3)4)21-17-27(29(36)34(5)18-21)32-26-11-7-6-9-24(26)30(37)38/h6-18,32H,1-5H3,(H,33,35)(H,37,38). The van der Waals surface area contributed by atoms with E-state index in [9.17, 15) is 19.5 Å². The van der Waals surface area contributed by atoms with E-state index in [0.717, 1.165) is 22.3 Å². The minimum atomic E-state index is -1.09. The van der Waals surface area contributed by atoms with Crippen molar-refractivity contribution in [3.05, 3.63) is 112 Å². The number of hydrogen-bond donors (Lipinski definition) is 3. The van der Waals surface area contributed by atoms with Gasteiger partial charge >= 0.3 is 5.97 Å².